The summed E-state index contributed by atoms with van der Waals surface area (Å²) in [6.07, 6.45) is 2.83. The lowest BCUT2D eigenvalue weighted by atomic mass is 9.98. The summed E-state index contributed by atoms with van der Waals surface area (Å²) in [7, 11) is 0. The topological polar surface area (TPSA) is 51.4 Å². The Balaban J connectivity index is 2.25. The van der Waals surface area contributed by atoms with Crippen LogP contribution in [-0.4, -0.2) is 35.3 Å². The zero-order valence-electron chi connectivity index (χ0n) is 14.2. The Morgan fingerprint density at radius 1 is 1.29 bits per heavy atom. The average molecular weight is 291 g/mol. The average Bonchev–Trinajstić information content (AvgIpc) is 2.23. The number of morpholine rings is 1. The van der Waals surface area contributed by atoms with Crippen molar-refractivity contribution in [1.29, 1.82) is 0 Å². The molecule has 1 fully saturated rings. The molecule has 2 N–H and O–H groups in total. The number of nitrogens with zero attached hydrogens (tertiary/aromatic N) is 2. The number of aryl methyl sites for hydroxylation is 1. The van der Waals surface area contributed by atoms with Crippen LogP contribution in [0.25, 0.3) is 0 Å². The third kappa shape index (κ3) is 4.17. The van der Waals surface area contributed by atoms with Crippen LogP contribution >= 0.6 is 0 Å². The molecule has 0 saturated carbocycles. The molecule has 1 atom stereocenters. The standard InChI is InChI=1S/C17H29N3O/c1-12-7-14(8-13(2)18)9-19-15(12)20-10-16(3,4)21-17(5,6)11-20/h7,9,13H,8,10-11,18H2,1-6H3. The van der Waals surface area contributed by atoms with Crippen LogP contribution in [0.1, 0.15) is 45.7 Å². The van der Waals surface area contributed by atoms with Crippen molar-refractivity contribution in [2.45, 2.75) is 65.2 Å². The molecule has 0 bridgehead atoms. The summed E-state index contributed by atoms with van der Waals surface area (Å²) in [5, 5.41) is 0. The van der Waals surface area contributed by atoms with E-state index >= 15 is 0 Å². The molecular formula is C17H29N3O. The summed E-state index contributed by atoms with van der Waals surface area (Å²) in [6.45, 7) is 14.4. The Hall–Kier alpha value is -1.13. The van der Waals surface area contributed by atoms with E-state index in [-0.39, 0.29) is 17.2 Å². The maximum atomic E-state index is 6.14. The molecule has 2 heterocycles. The number of pyridine rings is 1. The second-order valence-corrected chi connectivity index (χ2v) is 7.64. The molecule has 1 saturated heterocycles. The van der Waals surface area contributed by atoms with Gasteiger partial charge in [0.2, 0.25) is 0 Å². The van der Waals surface area contributed by atoms with Gasteiger partial charge in [0.05, 0.1) is 11.2 Å². The molecule has 0 aromatic carbocycles. The van der Waals surface area contributed by atoms with E-state index in [4.69, 9.17) is 15.5 Å². The van der Waals surface area contributed by atoms with Gasteiger partial charge in [-0.1, -0.05) is 6.07 Å². The van der Waals surface area contributed by atoms with Crippen molar-refractivity contribution in [2.24, 2.45) is 5.73 Å². The van der Waals surface area contributed by atoms with Crippen LogP contribution in [-0.2, 0) is 11.2 Å². The third-order valence-electron chi connectivity index (χ3n) is 3.66. The fraction of sp³-hybridized carbons (Fsp3) is 0.706. The van der Waals surface area contributed by atoms with Crippen molar-refractivity contribution in [1.82, 2.24) is 4.98 Å². The minimum atomic E-state index is -0.166. The first-order valence-electron chi connectivity index (χ1n) is 7.74. The van der Waals surface area contributed by atoms with Gasteiger partial charge >= 0.3 is 0 Å². The van der Waals surface area contributed by atoms with Crippen LogP contribution in [0.4, 0.5) is 5.82 Å². The maximum absolute atomic E-state index is 6.14. The van der Waals surface area contributed by atoms with E-state index in [1.807, 2.05) is 13.1 Å². The normalized spacial score (nSPS) is 22.1. The van der Waals surface area contributed by atoms with Gasteiger partial charge in [-0.2, -0.15) is 0 Å². The maximum Gasteiger partial charge on any atom is 0.131 e. The zero-order chi connectivity index (χ0) is 15.8. The number of anilines is 1. The van der Waals surface area contributed by atoms with Gasteiger partial charge in [-0.25, -0.2) is 4.98 Å². The number of hydrogen-bond donors (Lipinski definition) is 1. The Morgan fingerprint density at radius 3 is 2.33 bits per heavy atom. The van der Waals surface area contributed by atoms with Gasteiger partial charge in [-0.15, -0.1) is 0 Å². The predicted octanol–water partition coefficient (Wildman–Crippen LogP) is 2.67. The van der Waals surface area contributed by atoms with Crippen molar-refractivity contribution in [2.75, 3.05) is 18.0 Å². The molecule has 0 amide bonds. The Morgan fingerprint density at radius 2 is 1.86 bits per heavy atom. The quantitative estimate of drug-likeness (QED) is 0.930. The summed E-state index contributed by atoms with van der Waals surface area (Å²) in [5.74, 6) is 1.06. The first-order chi connectivity index (χ1) is 9.58. The van der Waals surface area contributed by atoms with E-state index in [1.54, 1.807) is 0 Å². The molecule has 21 heavy (non-hydrogen) atoms. The fourth-order valence-electron chi connectivity index (χ4n) is 3.38. The molecule has 0 aliphatic carbocycles. The number of aromatic nitrogens is 1. The molecule has 1 aromatic rings. The van der Waals surface area contributed by atoms with E-state index in [0.29, 0.717) is 0 Å². The van der Waals surface area contributed by atoms with Crippen LogP contribution in [0.5, 0.6) is 0 Å². The fourth-order valence-corrected chi connectivity index (χ4v) is 3.38. The largest absolute Gasteiger partial charge is 0.366 e. The van der Waals surface area contributed by atoms with Gasteiger partial charge < -0.3 is 15.4 Å². The van der Waals surface area contributed by atoms with E-state index in [9.17, 15) is 0 Å². The minimum absolute atomic E-state index is 0.165. The van der Waals surface area contributed by atoms with Crippen LogP contribution in [0, 0.1) is 6.92 Å². The van der Waals surface area contributed by atoms with Crippen LogP contribution < -0.4 is 10.6 Å². The van der Waals surface area contributed by atoms with Crippen LogP contribution in [0.2, 0.25) is 0 Å². The van der Waals surface area contributed by atoms with Crippen molar-refractivity contribution in [3.05, 3.63) is 23.4 Å². The third-order valence-corrected chi connectivity index (χ3v) is 3.66. The van der Waals surface area contributed by atoms with Crippen LogP contribution in [0.15, 0.2) is 12.3 Å². The van der Waals surface area contributed by atoms with E-state index in [1.165, 1.54) is 11.1 Å². The molecule has 1 aliphatic rings. The highest BCUT2D eigenvalue weighted by Gasteiger charge is 2.38. The van der Waals surface area contributed by atoms with Gasteiger partial charge in [0, 0.05) is 25.3 Å². The smallest absolute Gasteiger partial charge is 0.131 e. The Kier molecular flexibility index (Phi) is 4.31. The Labute approximate surface area is 128 Å². The highest BCUT2D eigenvalue weighted by atomic mass is 16.5. The molecule has 0 radical (unpaired) electrons. The molecule has 4 heteroatoms. The van der Waals surface area contributed by atoms with Crippen molar-refractivity contribution >= 4 is 5.82 Å². The second kappa shape index (κ2) is 5.58. The molecule has 1 unspecified atom stereocenters. The summed E-state index contributed by atoms with van der Waals surface area (Å²) in [5.41, 5.74) is 7.96. The Bertz CT molecular complexity index is 493. The van der Waals surface area contributed by atoms with Gasteiger partial charge in [-0.05, 0) is 59.1 Å². The summed E-state index contributed by atoms with van der Waals surface area (Å²) < 4.78 is 6.14. The monoisotopic (exact) mass is 291 g/mol. The van der Waals surface area contributed by atoms with Crippen molar-refractivity contribution in [3.63, 3.8) is 0 Å². The summed E-state index contributed by atoms with van der Waals surface area (Å²) in [4.78, 5) is 7.04. The second-order valence-electron chi connectivity index (χ2n) is 7.64. The SMILES string of the molecule is Cc1cc(CC(C)N)cnc1N1CC(C)(C)OC(C)(C)C1. The molecule has 1 aliphatic heterocycles. The van der Waals surface area contributed by atoms with Gasteiger partial charge in [0.15, 0.2) is 0 Å². The molecule has 4 nitrogen and oxygen atoms in total. The summed E-state index contributed by atoms with van der Waals surface area (Å²) >= 11 is 0. The lowest BCUT2D eigenvalue weighted by molar-refractivity contribution is -0.133. The summed E-state index contributed by atoms with van der Waals surface area (Å²) in [6, 6.07) is 2.37. The molecule has 0 spiro atoms. The predicted molar refractivity (Wildman–Crippen MR) is 87.8 cm³/mol. The number of nitrogens with two attached hydrogens (primary N) is 1. The first-order valence-corrected chi connectivity index (χ1v) is 7.74. The molecule has 2 rings (SSSR count). The van der Waals surface area contributed by atoms with Crippen molar-refractivity contribution < 1.29 is 4.74 Å². The number of rotatable bonds is 3. The molecular weight excluding hydrogens is 262 g/mol. The molecule has 1 aromatic heterocycles. The minimum Gasteiger partial charge on any atom is -0.366 e. The first kappa shape index (κ1) is 16.2. The van der Waals surface area contributed by atoms with Gasteiger partial charge in [-0.3, -0.25) is 0 Å². The zero-order valence-corrected chi connectivity index (χ0v) is 14.2. The van der Waals surface area contributed by atoms with Crippen LogP contribution in [0.3, 0.4) is 0 Å². The highest BCUT2D eigenvalue weighted by molar-refractivity contribution is 5.48. The van der Waals surface area contributed by atoms with E-state index in [0.717, 1.165) is 25.3 Å². The van der Waals surface area contributed by atoms with E-state index < -0.39 is 0 Å². The van der Waals surface area contributed by atoms with Crippen molar-refractivity contribution in [3.8, 4) is 0 Å². The van der Waals surface area contributed by atoms with Gasteiger partial charge in [0.25, 0.3) is 0 Å². The van der Waals surface area contributed by atoms with Gasteiger partial charge in [0.1, 0.15) is 5.82 Å². The number of hydrogen-bond acceptors (Lipinski definition) is 4. The lowest BCUT2D eigenvalue weighted by Crippen LogP contribution is -2.57. The number of ether oxygens (including phenoxy) is 1. The highest BCUT2D eigenvalue weighted by Crippen LogP contribution is 2.32. The molecule has 118 valence electrons. The van der Waals surface area contributed by atoms with E-state index in [2.05, 4.69) is 45.6 Å². The lowest BCUT2D eigenvalue weighted by Gasteiger charge is -2.47.